The summed E-state index contributed by atoms with van der Waals surface area (Å²) in [6.07, 6.45) is 6.34. The van der Waals surface area contributed by atoms with Gasteiger partial charge in [0.15, 0.2) is 0 Å². The molecule has 1 aliphatic carbocycles. The zero-order valence-corrected chi connectivity index (χ0v) is 12.4. The molecule has 4 heteroatoms. The largest absolute Gasteiger partial charge is 0.478 e. The summed E-state index contributed by atoms with van der Waals surface area (Å²) in [6.45, 7) is 3.94. The highest BCUT2D eigenvalue weighted by Gasteiger charge is 2.25. The van der Waals surface area contributed by atoms with Gasteiger partial charge in [0, 0.05) is 17.5 Å². The lowest BCUT2D eigenvalue weighted by atomic mass is 9.77. The van der Waals surface area contributed by atoms with Crippen molar-refractivity contribution in [3.63, 3.8) is 0 Å². The molecule has 2 N–H and O–H groups in total. The highest BCUT2D eigenvalue weighted by atomic mass is 16.4. The number of H-pyrrole nitrogens is 1. The number of rotatable bonds is 4. The first-order chi connectivity index (χ1) is 10.1. The van der Waals surface area contributed by atoms with E-state index in [2.05, 4.69) is 16.9 Å². The minimum Gasteiger partial charge on any atom is -0.478 e. The van der Waals surface area contributed by atoms with E-state index in [0.717, 1.165) is 29.1 Å². The summed E-state index contributed by atoms with van der Waals surface area (Å²) in [6, 6.07) is 3.82. The van der Waals surface area contributed by atoms with E-state index in [1.165, 1.54) is 24.8 Å². The molecule has 1 aliphatic rings. The second kappa shape index (κ2) is 5.35. The fourth-order valence-corrected chi connectivity index (χ4v) is 2.90. The molecule has 0 saturated heterocycles. The number of carbonyl (C=O) groups is 1. The van der Waals surface area contributed by atoms with E-state index in [9.17, 15) is 9.90 Å². The lowest BCUT2D eigenvalue weighted by Gasteiger charge is -2.28. The predicted octanol–water partition coefficient (Wildman–Crippen LogP) is 3.91. The zero-order chi connectivity index (χ0) is 15.0. The Labute approximate surface area is 124 Å². The summed E-state index contributed by atoms with van der Waals surface area (Å²) in [5.74, 6) is 0.448. The number of benzene rings is 1. The van der Waals surface area contributed by atoms with Gasteiger partial charge in [-0.15, -0.1) is 0 Å². The van der Waals surface area contributed by atoms with Crippen LogP contribution in [0.4, 0.5) is 0 Å². The van der Waals surface area contributed by atoms with E-state index in [0.29, 0.717) is 11.5 Å². The number of imidazole rings is 1. The molecule has 1 fully saturated rings. The van der Waals surface area contributed by atoms with E-state index in [1.807, 2.05) is 19.2 Å². The predicted molar refractivity (Wildman–Crippen MR) is 81.7 cm³/mol. The minimum atomic E-state index is -0.879. The number of aryl methyl sites for hydroxylation is 2. The third-order valence-corrected chi connectivity index (χ3v) is 4.44. The zero-order valence-electron chi connectivity index (χ0n) is 12.4. The highest BCUT2D eigenvalue weighted by molar-refractivity contribution is 5.91. The second-order valence-corrected chi connectivity index (χ2v) is 5.80. The topological polar surface area (TPSA) is 66.0 Å². The number of nitrogens with one attached hydrogen (secondary N) is 1. The maximum absolute atomic E-state index is 11.4. The summed E-state index contributed by atoms with van der Waals surface area (Å²) >= 11 is 0. The second-order valence-electron chi connectivity index (χ2n) is 5.80. The number of hydrogen-bond donors (Lipinski definition) is 2. The highest BCUT2D eigenvalue weighted by Crippen LogP contribution is 2.41. The van der Waals surface area contributed by atoms with Gasteiger partial charge in [-0.25, -0.2) is 9.78 Å². The summed E-state index contributed by atoms with van der Waals surface area (Å²) < 4.78 is 0. The van der Waals surface area contributed by atoms with E-state index < -0.39 is 5.97 Å². The van der Waals surface area contributed by atoms with Crippen LogP contribution in [-0.2, 0) is 6.42 Å². The quantitative estimate of drug-likeness (QED) is 0.894. The molecule has 3 rings (SSSR count). The Balaban J connectivity index is 2.14. The smallest absolute Gasteiger partial charge is 0.335 e. The molecule has 0 bridgehead atoms. The standard InChI is InChI=1S/C17H20N2O2/c1-3-12-9-18-16(19-12)15-8-13(17(20)21)10(2)7-14(15)11-5-4-6-11/h7-9,11H,3-6H2,1-2H3,(H,18,19)(H,20,21). The third-order valence-electron chi connectivity index (χ3n) is 4.44. The van der Waals surface area contributed by atoms with Crippen LogP contribution >= 0.6 is 0 Å². The molecule has 0 spiro atoms. The van der Waals surface area contributed by atoms with Crippen LogP contribution in [0.5, 0.6) is 0 Å². The van der Waals surface area contributed by atoms with Gasteiger partial charge in [0.25, 0.3) is 0 Å². The number of carboxylic acids is 1. The van der Waals surface area contributed by atoms with Crippen molar-refractivity contribution >= 4 is 5.97 Å². The van der Waals surface area contributed by atoms with Crippen LogP contribution in [0.15, 0.2) is 18.3 Å². The van der Waals surface area contributed by atoms with Crippen LogP contribution in [0.25, 0.3) is 11.4 Å². The third kappa shape index (κ3) is 2.46. The molecule has 110 valence electrons. The number of aromatic carboxylic acids is 1. The maximum atomic E-state index is 11.4. The van der Waals surface area contributed by atoms with E-state index in [1.54, 1.807) is 6.07 Å². The molecule has 0 atom stereocenters. The Morgan fingerprint density at radius 1 is 1.43 bits per heavy atom. The Hall–Kier alpha value is -2.10. The lowest BCUT2D eigenvalue weighted by Crippen LogP contribution is -2.12. The SMILES string of the molecule is CCc1cnc(-c2cc(C(=O)O)c(C)cc2C2CCC2)[nH]1. The first-order valence-electron chi connectivity index (χ1n) is 7.52. The summed E-state index contributed by atoms with van der Waals surface area (Å²) in [5.41, 5.74) is 4.45. The van der Waals surface area contributed by atoms with Gasteiger partial charge in [-0.05, 0) is 49.3 Å². The van der Waals surface area contributed by atoms with E-state index >= 15 is 0 Å². The summed E-state index contributed by atoms with van der Waals surface area (Å²) in [5, 5.41) is 9.36. The van der Waals surface area contributed by atoms with Crippen molar-refractivity contribution in [3.05, 3.63) is 40.7 Å². The van der Waals surface area contributed by atoms with Crippen molar-refractivity contribution in [1.29, 1.82) is 0 Å². The van der Waals surface area contributed by atoms with Gasteiger partial charge >= 0.3 is 5.97 Å². The average Bonchev–Trinajstić information content (AvgIpc) is 2.85. The molecular formula is C17H20N2O2. The lowest BCUT2D eigenvalue weighted by molar-refractivity contribution is 0.0696. The molecule has 4 nitrogen and oxygen atoms in total. The summed E-state index contributed by atoms with van der Waals surface area (Å²) in [7, 11) is 0. The number of nitrogens with zero attached hydrogens (tertiary/aromatic N) is 1. The van der Waals surface area contributed by atoms with E-state index in [4.69, 9.17) is 0 Å². The first-order valence-corrected chi connectivity index (χ1v) is 7.52. The Kier molecular flexibility index (Phi) is 3.53. The summed E-state index contributed by atoms with van der Waals surface area (Å²) in [4.78, 5) is 19.1. The van der Waals surface area contributed by atoms with Crippen molar-refractivity contribution < 1.29 is 9.90 Å². The fourth-order valence-electron chi connectivity index (χ4n) is 2.90. The molecule has 1 saturated carbocycles. The molecule has 0 aliphatic heterocycles. The van der Waals surface area contributed by atoms with Crippen LogP contribution in [0.1, 0.15) is 59.3 Å². The molecule has 0 amide bonds. The van der Waals surface area contributed by atoms with Gasteiger partial charge in [0.05, 0.1) is 5.56 Å². The van der Waals surface area contributed by atoms with Crippen molar-refractivity contribution in [2.24, 2.45) is 0 Å². The van der Waals surface area contributed by atoms with Gasteiger partial charge in [0.2, 0.25) is 0 Å². The van der Waals surface area contributed by atoms with Gasteiger partial charge < -0.3 is 10.1 Å². The fraction of sp³-hybridized carbons (Fsp3) is 0.412. The molecule has 0 radical (unpaired) electrons. The van der Waals surface area contributed by atoms with Gasteiger partial charge in [0.1, 0.15) is 5.82 Å². The van der Waals surface area contributed by atoms with Crippen molar-refractivity contribution in [2.75, 3.05) is 0 Å². The Morgan fingerprint density at radius 2 is 2.19 bits per heavy atom. The number of aromatic amines is 1. The van der Waals surface area contributed by atoms with Gasteiger partial charge in [-0.1, -0.05) is 19.4 Å². The molecular weight excluding hydrogens is 264 g/mol. The van der Waals surface area contributed by atoms with Crippen molar-refractivity contribution in [2.45, 2.75) is 45.4 Å². The Morgan fingerprint density at radius 3 is 2.71 bits per heavy atom. The normalized spacial score (nSPS) is 15.0. The maximum Gasteiger partial charge on any atom is 0.335 e. The van der Waals surface area contributed by atoms with Crippen LogP contribution in [0.3, 0.4) is 0 Å². The molecule has 1 heterocycles. The van der Waals surface area contributed by atoms with Gasteiger partial charge in [-0.2, -0.15) is 0 Å². The van der Waals surface area contributed by atoms with E-state index in [-0.39, 0.29) is 0 Å². The number of carboxylic acid groups (broad SMARTS) is 1. The number of aromatic nitrogens is 2. The Bertz CT molecular complexity index is 684. The molecule has 0 unspecified atom stereocenters. The molecule has 21 heavy (non-hydrogen) atoms. The van der Waals surface area contributed by atoms with Crippen LogP contribution in [0, 0.1) is 6.92 Å². The van der Waals surface area contributed by atoms with Crippen molar-refractivity contribution in [3.8, 4) is 11.4 Å². The van der Waals surface area contributed by atoms with Crippen LogP contribution in [-0.4, -0.2) is 21.0 Å². The first kappa shape index (κ1) is 13.9. The average molecular weight is 284 g/mol. The molecule has 2 aromatic rings. The van der Waals surface area contributed by atoms with Crippen LogP contribution in [0.2, 0.25) is 0 Å². The van der Waals surface area contributed by atoms with Crippen molar-refractivity contribution in [1.82, 2.24) is 9.97 Å². The number of hydrogen-bond acceptors (Lipinski definition) is 2. The van der Waals surface area contributed by atoms with Gasteiger partial charge in [-0.3, -0.25) is 0 Å². The van der Waals surface area contributed by atoms with Crippen LogP contribution < -0.4 is 0 Å². The molecule has 1 aromatic heterocycles. The monoisotopic (exact) mass is 284 g/mol. The molecule has 1 aromatic carbocycles. The minimum absolute atomic E-state index is 0.363.